The van der Waals surface area contributed by atoms with E-state index in [0.717, 1.165) is 21.0 Å². The number of hydrogen-bond donors (Lipinski definition) is 3. The van der Waals surface area contributed by atoms with Gasteiger partial charge in [-0.3, -0.25) is 0 Å². The summed E-state index contributed by atoms with van der Waals surface area (Å²) in [5.74, 6) is -0.833. The predicted molar refractivity (Wildman–Crippen MR) is 109 cm³/mol. The molecule has 4 rings (SSSR count). The molecule has 1 fully saturated rings. The number of aliphatic hydroxyl groups is 2. The third-order valence-corrected chi connectivity index (χ3v) is 6.36. The van der Waals surface area contributed by atoms with Crippen LogP contribution < -0.4 is 0 Å². The minimum Gasteiger partial charge on any atom is -0.507 e. The average molecular weight is 418 g/mol. The number of fused-ring (bicyclic) bond motifs is 1. The monoisotopic (exact) mass is 418 g/mol. The highest BCUT2D eigenvalue weighted by Crippen LogP contribution is 2.38. The lowest BCUT2D eigenvalue weighted by Gasteiger charge is -2.37. The topological polar surface area (TPSA) is 79.2 Å². The SMILES string of the molecule is COCC1CC(O)C(O)C(c2cc(Cc3cc4ccccc4s3)c(F)cc2O)O1. The fourth-order valence-corrected chi connectivity index (χ4v) is 4.89. The van der Waals surface area contributed by atoms with Crippen LogP contribution >= 0.6 is 11.3 Å². The molecule has 3 N–H and O–H groups in total. The standard InChI is InChI=1S/C22H23FO5S/c1-27-11-14-9-19(25)21(26)22(28-14)16-8-13(17(23)10-18(16)24)7-15-6-12-4-2-3-5-20(12)29-15/h2-6,8,10,14,19,21-22,24-26H,7,9,11H2,1H3. The number of rotatable bonds is 5. The number of halogens is 1. The molecule has 7 heteroatoms. The Morgan fingerprint density at radius 1 is 1.21 bits per heavy atom. The van der Waals surface area contributed by atoms with Crippen LogP contribution in [0.5, 0.6) is 5.75 Å². The first-order valence-electron chi connectivity index (χ1n) is 9.45. The first-order valence-corrected chi connectivity index (χ1v) is 10.3. The predicted octanol–water partition coefficient (Wildman–Crippen LogP) is 3.54. The van der Waals surface area contributed by atoms with Gasteiger partial charge in [0, 0.05) is 41.2 Å². The maximum atomic E-state index is 14.6. The summed E-state index contributed by atoms with van der Waals surface area (Å²) >= 11 is 1.59. The lowest BCUT2D eigenvalue weighted by Crippen LogP contribution is -2.44. The largest absolute Gasteiger partial charge is 0.507 e. The highest BCUT2D eigenvalue weighted by molar-refractivity contribution is 7.19. The molecule has 29 heavy (non-hydrogen) atoms. The lowest BCUT2D eigenvalue weighted by molar-refractivity contribution is -0.182. The Kier molecular flexibility index (Phi) is 5.85. The van der Waals surface area contributed by atoms with Gasteiger partial charge in [0.05, 0.1) is 18.8 Å². The molecule has 3 aromatic rings. The van der Waals surface area contributed by atoms with Crippen LogP contribution in [-0.2, 0) is 15.9 Å². The van der Waals surface area contributed by atoms with E-state index in [1.165, 1.54) is 13.2 Å². The Balaban J connectivity index is 1.65. The number of thiophene rings is 1. The Labute approximate surface area is 171 Å². The van der Waals surface area contributed by atoms with Gasteiger partial charge < -0.3 is 24.8 Å². The molecule has 1 saturated heterocycles. The molecule has 1 aromatic heterocycles. The van der Waals surface area contributed by atoms with Gasteiger partial charge in [-0.25, -0.2) is 4.39 Å². The lowest BCUT2D eigenvalue weighted by atomic mass is 9.91. The van der Waals surface area contributed by atoms with Crippen LogP contribution in [0.25, 0.3) is 10.1 Å². The van der Waals surface area contributed by atoms with Crippen LogP contribution in [0.4, 0.5) is 4.39 Å². The zero-order valence-corrected chi connectivity index (χ0v) is 16.7. The number of ether oxygens (including phenoxy) is 2. The van der Waals surface area contributed by atoms with Crippen molar-refractivity contribution in [3.05, 3.63) is 64.3 Å². The van der Waals surface area contributed by atoms with Crippen molar-refractivity contribution in [2.24, 2.45) is 0 Å². The molecule has 1 aliphatic rings. The number of aromatic hydroxyl groups is 1. The van der Waals surface area contributed by atoms with Crippen LogP contribution in [0, 0.1) is 5.82 Å². The molecule has 4 atom stereocenters. The van der Waals surface area contributed by atoms with Crippen molar-refractivity contribution in [2.75, 3.05) is 13.7 Å². The molecule has 0 spiro atoms. The van der Waals surface area contributed by atoms with Gasteiger partial charge in [-0.2, -0.15) is 0 Å². The van der Waals surface area contributed by atoms with E-state index in [4.69, 9.17) is 9.47 Å². The van der Waals surface area contributed by atoms with E-state index in [-0.39, 0.29) is 24.3 Å². The summed E-state index contributed by atoms with van der Waals surface area (Å²) in [5, 5.41) is 32.1. The molecule has 0 saturated carbocycles. The van der Waals surface area contributed by atoms with Gasteiger partial charge in [0.2, 0.25) is 0 Å². The summed E-state index contributed by atoms with van der Waals surface area (Å²) in [7, 11) is 1.52. The van der Waals surface area contributed by atoms with Gasteiger partial charge in [-0.1, -0.05) is 18.2 Å². The minimum absolute atomic E-state index is 0.224. The van der Waals surface area contributed by atoms with Crippen molar-refractivity contribution in [1.29, 1.82) is 0 Å². The van der Waals surface area contributed by atoms with E-state index in [2.05, 4.69) is 0 Å². The highest BCUT2D eigenvalue weighted by Gasteiger charge is 2.39. The fourth-order valence-electron chi connectivity index (χ4n) is 3.81. The highest BCUT2D eigenvalue weighted by atomic mass is 32.1. The minimum atomic E-state index is -1.23. The van der Waals surface area contributed by atoms with Gasteiger partial charge >= 0.3 is 0 Å². The zero-order chi connectivity index (χ0) is 20.5. The number of phenolic OH excluding ortho intramolecular Hbond substituents is 1. The average Bonchev–Trinajstić information content (AvgIpc) is 3.09. The summed E-state index contributed by atoms with van der Waals surface area (Å²) in [4.78, 5) is 0.990. The second-order valence-electron chi connectivity index (χ2n) is 7.36. The molecule has 0 aliphatic carbocycles. The van der Waals surface area contributed by atoms with Crippen molar-refractivity contribution in [2.45, 2.75) is 37.3 Å². The third-order valence-electron chi connectivity index (χ3n) is 5.24. The molecule has 0 radical (unpaired) electrons. The van der Waals surface area contributed by atoms with Gasteiger partial charge in [0.25, 0.3) is 0 Å². The third kappa shape index (κ3) is 4.15. The number of benzene rings is 2. The molecule has 4 unspecified atom stereocenters. The van der Waals surface area contributed by atoms with Gasteiger partial charge in [-0.15, -0.1) is 11.3 Å². The summed E-state index contributed by atoms with van der Waals surface area (Å²) < 4.78 is 26.7. The summed E-state index contributed by atoms with van der Waals surface area (Å²) in [5.41, 5.74) is 0.651. The van der Waals surface area contributed by atoms with Crippen LogP contribution in [0.3, 0.4) is 0 Å². The number of methoxy groups -OCH3 is 1. The van der Waals surface area contributed by atoms with E-state index in [1.807, 2.05) is 30.3 Å². The zero-order valence-electron chi connectivity index (χ0n) is 15.9. The number of aliphatic hydroxyl groups excluding tert-OH is 2. The van der Waals surface area contributed by atoms with E-state index in [0.29, 0.717) is 12.0 Å². The maximum absolute atomic E-state index is 14.6. The second-order valence-corrected chi connectivity index (χ2v) is 8.53. The summed E-state index contributed by atoms with van der Waals surface area (Å²) in [6.45, 7) is 0.247. The molecule has 154 valence electrons. The van der Waals surface area contributed by atoms with Gasteiger partial charge in [-0.05, 0) is 29.1 Å². The van der Waals surface area contributed by atoms with E-state index >= 15 is 0 Å². The smallest absolute Gasteiger partial charge is 0.130 e. The van der Waals surface area contributed by atoms with Crippen LogP contribution in [-0.4, -0.2) is 47.3 Å². The molecule has 5 nitrogen and oxygen atoms in total. The first-order chi connectivity index (χ1) is 14.0. The Hall–Kier alpha value is -2.03. The van der Waals surface area contributed by atoms with Crippen molar-refractivity contribution >= 4 is 21.4 Å². The van der Waals surface area contributed by atoms with Crippen LogP contribution in [0.2, 0.25) is 0 Å². The maximum Gasteiger partial charge on any atom is 0.130 e. The van der Waals surface area contributed by atoms with Crippen molar-refractivity contribution < 1.29 is 29.2 Å². The van der Waals surface area contributed by atoms with E-state index in [1.54, 1.807) is 11.3 Å². The second kappa shape index (κ2) is 8.38. The molecule has 0 bridgehead atoms. The normalized spacial score (nSPS) is 24.8. The Morgan fingerprint density at radius 2 is 2.00 bits per heavy atom. The Bertz CT molecular complexity index is 971. The van der Waals surface area contributed by atoms with Gasteiger partial charge in [0.1, 0.15) is 23.8 Å². The van der Waals surface area contributed by atoms with E-state index in [9.17, 15) is 19.7 Å². The van der Waals surface area contributed by atoms with Crippen LogP contribution in [0.1, 0.15) is 28.5 Å². The molecule has 2 aromatic carbocycles. The number of phenols is 1. The van der Waals surface area contributed by atoms with Crippen molar-refractivity contribution in [3.8, 4) is 5.75 Å². The molecule has 0 amide bonds. The molecular formula is C22H23FO5S. The van der Waals surface area contributed by atoms with Crippen molar-refractivity contribution in [1.82, 2.24) is 0 Å². The molecule has 2 heterocycles. The van der Waals surface area contributed by atoms with Crippen LogP contribution in [0.15, 0.2) is 42.5 Å². The summed E-state index contributed by atoms with van der Waals surface area (Å²) in [6.07, 6.45) is -3.08. The van der Waals surface area contributed by atoms with Gasteiger partial charge in [0.15, 0.2) is 0 Å². The van der Waals surface area contributed by atoms with Crippen molar-refractivity contribution in [3.63, 3.8) is 0 Å². The summed E-state index contributed by atoms with van der Waals surface area (Å²) in [6, 6.07) is 12.5. The fraction of sp³-hybridized carbons (Fsp3) is 0.364. The molecular weight excluding hydrogens is 395 g/mol. The quantitative estimate of drug-likeness (QED) is 0.591. The van der Waals surface area contributed by atoms with E-state index < -0.39 is 30.2 Å². The Morgan fingerprint density at radius 3 is 2.76 bits per heavy atom. The number of hydrogen-bond acceptors (Lipinski definition) is 6. The first kappa shape index (κ1) is 20.3. The molecule has 1 aliphatic heterocycles.